The Morgan fingerprint density at radius 1 is 1.00 bits per heavy atom. The molecule has 0 aliphatic carbocycles. The highest BCUT2D eigenvalue weighted by atomic mass is 16.5. The number of benzene rings is 2. The van der Waals surface area contributed by atoms with E-state index in [0.29, 0.717) is 5.82 Å². The van der Waals surface area contributed by atoms with Gasteiger partial charge in [0.1, 0.15) is 17.3 Å². The van der Waals surface area contributed by atoms with Gasteiger partial charge in [0.2, 0.25) is 0 Å². The minimum atomic E-state index is -0.277. The van der Waals surface area contributed by atoms with Crippen LogP contribution in [0.4, 0.5) is 11.5 Å². The normalized spacial score (nSPS) is 10.4. The fourth-order valence-electron chi connectivity index (χ4n) is 2.68. The van der Waals surface area contributed by atoms with Crippen LogP contribution in [-0.4, -0.2) is 29.5 Å². The molecular formula is C22H24N4O2. The molecule has 0 aliphatic rings. The van der Waals surface area contributed by atoms with Crippen molar-refractivity contribution in [3.8, 4) is 5.75 Å². The fraction of sp³-hybridized carbons (Fsp3) is 0.227. The number of methoxy groups -OCH3 is 1. The number of rotatable bonds is 7. The van der Waals surface area contributed by atoms with Crippen LogP contribution in [-0.2, 0) is 6.42 Å². The van der Waals surface area contributed by atoms with Crippen LogP contribution < -0.4 is 15.4 Å². The van der Waals surface area contributed by atoms with Crippen LogP contribution in [0.15, 0.2) is 54.9 Å². The molecule has 0 bridgehead atoms. The number of hydrogen-bond acceptors (Lipinski definition) is 5. The third kappa shape index (κ3) is 5.07. The van der Waals surface area contributed by atoms with Crippen LogP contribution in [0, 0.1) is 13.8 Å². The molecule has 0 fully saturated rings. The van der Waals surface area contributed by atoms with E-state index < -0.39 is 0 Å². The number of ether oxygens (including phenoxy) is 1. The standard InChI is InChI=1S/C22H24N4O2/c1-15-4-7-18(12-16(15)2)26-22(27)20-13-25-21(14-24-20)23-11-10-17-5-8-19(28-3)9-6-17/h4-9,12-14H,10-11H2,1-3H3,(H,23,25)(H,26,27). The first-order chi connectivity index (χ1) is 13.5. The molecule has 0 saturated heterocycles. The number of nitrogens with one attached hydrogen (secondary N) is 2. The molecule has 0 aliphatic heterocycles. The quantitative estimate of drug-likeness (QED) is 0.652. The van der Waals surface area contributed by atoms with Crippen LogP contribution in [0.1, 0.15) is 27.2 Å². The third-order valence-electron chi connectivity index (χ3n) is 4.53. The van der Waals surface area contributed by atoms with Gasteiger partial charge in [-0.15, -0.1) is 0 Å². The molecule has 0 radical (unpaired) electrons. The van der Waals surface area contributed by atoms with Gasteiger partial charge in [0.15, 0.2) is 0 Å². The molecule has 2 aromatic carbocycles. The molecule has 144 valence electrons. The van der Waals surface area contributed by atoms with Crippen molar-refractivity contribution in [2.75, 3.05) is 24.3 Å². The lowest BCUT2D eigenvalue weighted by Crippen LogP contribution is -2.15. The van der Waals surface area contributed by atoms with Crippen molar-refractivity contribution in [2.45, 2.75) is 20.3 Å². The monoisotopic (exact) mass is 376 g/mol. The zero-order valence-electron chi connectivity index (χ0n) is 16.3. The van der Waals surface area contributed by atoms with Crippen molar-refractivity contribution in [1.82, 2.24) is 9.97 Å². The van der Waals surface area contributed by atoms with E-state index in [1.165, 1.54) is 17.3 Å². The van der Waals surface area contributed by atoms with E-state index in [1.54, 1.807) is 13.3 Å². The Bertz CT molecular complexity index is 938. The minimum Gasteiger partial charge on any atom is -0.497 e. The maximum absolute atomic E-state index is 12.3. The van der Waals surface area contributed by atoms with E-state index in [9.17, 15) is 4.79 Å². The number of aromatic nitrogens is 2. The summed E-state index contributed by atoms with van der Waals surface area (Å²) in [7, 11) is 1.65. The molecule has 3 aromatic rings. The summed E-state index contributed by atoms with van der Waals surface area (Å²) in [6.45, 7) is 4.76. The van der Waals surface area contributed by atoms with Crippen LogP contribution in [0.5, 0.6) is 5.75 Å². The van der Waals surface area contributed by atoms with Gasteiger partial charge in [0.05, 0.1) is 19.5 Å². The summed E-state index contributed by atoms with van der Waals surface area (Å²) in [4.78, 5) is 20.8. The first-order valence-corrected chi connectivity index (χ1v) is 9.12. The molecule has 1 heterocycles. The minimum absolute atomic E-state index is 0.277. The summed E-state index contributed by atoms with van der Waals surface area (Å²) in [6, 6.07) is 13.7. The Labute approximate surface area is 165 Å². The Hall–Kier alpha value is -3.41. The molecule has 0 saturated carbocycles. The van der Waals surface area contributed by atoms with Crippen molar-refractivity contribution in [3.05, 3.63) is 77.2 Å². The van der Waals surface area contributed by atoms with Crippen LogP contribution in [0.25, 0.3) is 0 Å². The van der Waals surface area contributed by atoms with Gasteiger partial charge in [0, 0.05) is 12.2 Å². The summed E-state index contributed by atoms with van der Waals surface area (Å²) >= 11 is 0. The second-order valence-corrected chi connectivity index (χ2v) is 6.56. The summed E-state index contributed by atoms with van der Waals surface area (Å²) in [5, 5.41) is 6.06. The van der Waals surface area contributed by atoms with Crippen molar-refractivity contribution in [2.24, 2.45) is 0 Å². The van der Waals surface area contributed by atoms with Gasteiger partial charge in [-0.25, -0.2) is 9.97 Å². The van der Waals surface area contributed by atoms with Crippen molar-refractivity contribution >= 4 is 17.4 Å². The second-order valence-electron chi connectivity index (χ2n) is 6.56. The Kier molecular flexibility index (Phi) is 6.22. The number of aryl methyl sites for hydroxylation is 2. The van der Waals surface area contributed by atoms with Gasteiger partial charge in [0.25, 0.3) is 5.91 Å². The van der Waals surface area contributed by atoms with Gasteiger partial charge < -0.3 is 15.4 Å². The number of amides is 1. The lowest BCUT2D eigenvalue weighted by atomic mass is 10.1. The molecule has 28 heavy (non-hydrogen) atoms. The van der Waals surface area contributed by atoms with E-state index >= 15 is 0 Å². The largest absolute Gasteiger partial charge is 0.497 e. The zero-order valence-corrected chi connectivity index (χ0v) is 16.3. The maximum atomic E-state index is 12.3. The van der Waals surface area contributed by atoms with E-state index in [0.717, 1.165) is 30.0 Å². The molecular weight excluding hydrogens is 352 g/mol. The van der Waals surface area contributed by atoms with Gasteiger partial charge in [-0.05, 0) is 61.2 Å². The number of hydrogen-bond donors (Lipinski definition) is 2. The molecule has 3 rings (SSSR count). The lowest BCUT2D eigenvalue weighted by Gasteiger charge is -2.08. The Morgan fingerprint density at radius 3 is 2.43 bits per heavy atom. The highest BCUT2D eigenvalue weighted by molar-refractivity contribution is 6.02. The van der Waals surface area contributed by atoms with Crippen LogP contribution >= 0.6 is 0 Å². The predicted octanol–water partition coefficient (Wildman–Crippen LogP) is 4.01. The van der Waals surface area contributed by atoms with Gasteiger partial charge in [-0.3, -0.25) is 4.79 Å². The van der Waals surface area contributed by atoms with Gasteiger partial charge in [-0.2, -0.15) is 0 Å². The van der Waals surface area contributed by atoms with Crippen molar-refractivity contribution in [3.63, 3.8) is 0 Å². The molecule has 0 atom stereocenters. The van der Waals surface area contributed by atoms with E-state index in [2.05, 4.69) is 20.6 Å². The van der Waals surface area contributed by atoms with E-state index in [4.69, 9.17) is 4.74 Å². The maximum Gasteiger partial charge on any atom is 0.275 e. The van der Waals surface area contributed by atoms with Crippen molar-refractivity contribution < 1.29 is 9.53 Å². The summed E-state index contributed by atoms with van der Waals surface area (Å²) < 4.78 is 5.16. The van der Waals surface area contributed by atoms with Crippen molar-refractivity contribution in [1.29, 1.82) is 0 Å². The van der Waals surface area contributed by atoms with Crippen LogP contribution in [0.2, 0.25) is 0 Å². The Balaban J connectivity index is 1.52. The summed E-state index contributed by atoms with van der Waals surface area (Å²) in [5.74, 6) is 1.20. The average molecular weight is 376 g/mol. The predicted molar refractivity (Wildman–Crippen MR) is 111 cm³/mol. The number of anilines is 2. The number of carbonyl (C=O) groups excluding carboxylic acids is 1. The summed E-state index contributed by atoms with van der Waals surface area (Å²) in [5.41, 5.74) is 4.53. The molecule has 6 heteroatoms. The third-order valence-corrected chi connectivity index (χ3v) is 4.53. The SMILES string of the molecule is COc1ccc(CCNc2cnc(C(=O)Nc3ccc(C)c(C)c3)cn2)cc1. The number of nitrogens with zero attached hydrogens (tertiary/aromatic N) is 2. The smallest absolute Gasteiger partial charge is 0.275 e. The van der Waals surface area contributed by atoms with E-state index in [-0.39, 0.29) is 11.6 Å². The molecule has 2 N–H and O–H groups in total. The van der Waals surface area contributed by atoms with Gasteiger partial charge >= 0.3 is 0 Å². The molecule has 6 nitrogen and oxygen atoms in total. The average Bonchev–Trinajstić information content (AvgIpc) is 2.72. The second kappa shape index (κ2) is 8.99. The topological polar surface area (TPSA) is 76.1 Å². The summed E-state index contributed by atoms with van der Waals surface area (Å²) in [6.07, 6.45) is 3.90. The van der Waals surface area contributed by atoms with E-state index in [1.807, 2.05) is 56.3 Å². The highest BCUT2D eigenvalue weighted by Gasteiger charge is 2.09. The number of carbonyl (C=O) groups is 1. The Morgan fingerprint density at radius 2 is 1.79 bits per heavy atom. The zero-order chi connectivity index (χ0) is 19.9. The lowest BCUT2D eigenvalue weighted by molar-refractivity contribution is 0.102. The van der Waals surface area contributed by atoms with Gasteiger partial charge in [-0.1, -0.05) is 18.2 Å². The molecule has 0 unspecified atom stereocenters. The first kappa shape index (κ1) is 19.4. The molecule has 1 amide bonds. The van der Waals surface area contributed by atoms with Crippen LogP contribution in [0.3, 0.4) is 0 Å². The molecule has 1 aromatic heterocycles. The first-order valence-electron chi connectivity index (χ1n) is 9.12. The fourth-order valence-corrected chi connectivity index (χ4v) is 2.68. The highest BCUT2D eigenvalue weighted by Crippen LogP contribution is 2.15. The molecule has 0 spiro atoms.